The van der Waals surface area contributed by atoms with Crippen LogP contribution in [-0.2, 0) is 10.0 Å². The van der Waals surface area contributed by atoms with Crippen molar-refractivity contribution in [2.75, 3.05) is 0 Å². The topological polar surface area (TPSA) is 113 Å². The highest BCUT2D eigenvalue weighted by Crippen LogP contribution is 2.37. The van der Waals surface area contributed by atoms with E-state index >= 15 is 0 Å². The quantitative estimate of drug-likeness (QED) is 0.661. The van der Waals surface area contributed by atoms with Crippen LogP contribution in [0.2, 0.25) is 10.0 Å². The van der Waals surface area contributed by atoms with Gasteiger partial charge in [-0.15, -0.1) is 0 Å². The number of benzene rings is 2. The minimum atomic E-state index is -4.07. The minimum absolute atomic E-state index is 0.0978. The fourth-order valence-corrected chi connectivity index (χ4v) is 2.43. The molecule has 0 aliphatic heterocycles. The molecule has 22 heavy (non-hydrogen) atoms. The normalized spacial score (nSPS) is 11.2. The van der Waals surface area contributed by atoms with Crippen molar-refractivity contribution in [1.82, 2.24) is 0 Å². The van der Waals surface area contributed by atoms with E-state index in [4.69, 9.17) is 33.1 Å². The van der Waals surface area contributed by atoms with Gasteiger partial charge in [0.25, 0.3) is 0 Å². The van der Waals surface area contributed by atoms with Crippen LogP contribution < -0.4 is 9.88 Å². The highest BCUT2D eigenvalue weighted by Gasteiger charge is 2.21. The molecule has 2 rings (SSSR count). The molecule has 116 valence electrons. The van der Waals surface area contributed by atoms with E-state index in [1.807, 2.05) is 0 Å². The molecule has 2 N–H and O–H groups in total. The average Bonchev–Trinajstić information content (AvgIpc) is 2.42. The molecule has 2 aromatic carbocycles. The molecule has 0 aliphatic rings. The standard InChI is InChI=1S/C12H8Cl2N2O5S/c13-7-1-3-9(14)12(5-7)21-11-4-2-8(22(15,19)20)6-10(11)16(17)18/h1-6H,(H2,15,19,20). The number of hydrogen-bond acceptors (Lipinski definition) is 5. The van der Waals surface area contributed by atoms with Gasteiger partial charge in [-0.1, -0.05) is 23.2 Å². The van der Waals surface area contributed by atoms with Gasteiger partial charge >= 0.3 is 5.69 Å². The van der Waals surface area contributed by atoms with Crippen LogP contribution >= 0.6 is 23.2 Å². The van der Waals surface area contributed by atoms with Gasteiger partial charge in [-0.2, -0.15) is 0 Å². The number of primary sulfonamides is 1. The first-order valence-corrected chi connectivity index (χ1v) is 7.93. The van der Waals surface area contributed by atoms with E-state index in [1.54, 1.807) is 0 Å². The number of rotatable bonds is 4. The number of nitro benzene ring substituents is 1. The maximum atomic E-state index is 11.3. The average molecular weight is 363 g/mol. The van der Waals surface area contributed by atoms with Crippen LogP contribution in [0.15, 0.2) is 41.3 Å². The number of nitro groups is 1. The third-order valence-corrected chi connectivity index (χ3v) is 4.03. The highest BCUT2D eigenvalue weighted by molar-refractivity contribution is 7.89. The summed E-state index contributed by atoms with van der Waals surface area (Å²) in [7, 11) is -4.07. The summed E-state index contributed by atoms with van der Waals surface area (Å²) in [5, 5.41) is 16.5. The summed E-state index contributed by atoms with van der Waals surface area (Å²) >= 11 is 11.7. The highest BCUT2D eigenvalue weighted by atomic mass is 35.5. The molecule has 0 atom stereocenters. The van der Waals surface area contributed by atoms with Crippen LogP contribution in [0.3, 0.4) is 0 Å². The van der Waals surface area contributed by atoms with Gasteiger partial charge in [-0.3, -0.25) is 10.1 Å². The smallest absolute Gasteiger partial charge is 0.312 e. The molecule has 0 fully saturated rings. The summed E-state index contributed by atoms with van der Waals surface area (Å²) in [5.41, 5.74) is -0.567. The van der Waals surface area contributed by atoms with Gasteiger partial charge in [0, 0.05) is 17.2 Å². The lowest BCUT2D eigenvalue weighted by molar-refractivity contribution is -0.385. The molecule has 0 unspecified atom stereocenters. The second-order valence-corrected chi connectivity index (χ2v) is 6.51. The summed E-state index contributed by atoms with van der Waals surface area (Å²) in [6, 6.07) is 7.38. The van der Waals surface area contributed by atoms with Crippen LogP contribution in [0.1, 0.15) is 0 Å². The van der Waals surface area contributed by atoms with Crippen LogP contribution in [0.25, 0.3) is 0 Å². The Morgan fingerprint density at radius 1 is 1.09 bits per heavy atom. The molecule has 0 saturated carbocycles. The number of nitrogens with zero attached hydrogens (tertiary/aromatic N) is 1. The Kier molecular flexibility index (Phi) is 4.57. The number of sulfonamides is 1. The Morgan fingerprint density at radius 2 is 1.77 bits per heavy atom. The van der Waals surface area contributed by atoms with Crippen molar-refractivity contribution in [3.63, 3.8) is 0 Å². The van der Waals surface area contributed by atoms with Gasteiger partial charge < -0.3 is 4.74 Å². The molecule has 0 amide bonds. The van der Waals surface area contributed by atoms with Gasteiger partial charge in [-0.25, -0.2) is 13.6 Å². The van der Waals surface area contributed by atoms with Crippen molar-refractivity contribution >= 4 is 38.9 Å². The summed E-state index contributed by atoms with van der Waals surface area (Å²) in [5.74, 6) is -0.0952. The maximum Gasteiger partial charge on any atom is 0.312 e. The van der Waals surface area contributed by atoms with Crippen molar-refractivity contribution < 1.29 is 18.1 Å². The van der Waals surface area contributed by atoms with Crippen molar-refractivity contribution in [3.05, 3.63) is 56.6 Å². The monoisotopic (exact) mass is 362 g/mol. The van der Waals surface area contributed by atoms with Crippen molar-refractivity contribution in [3.8, 4) is 11.5 Å². The van der Waals surface area contributed by atoms with Crippen molar-refractivity contribution in [2.45, 2.75) is 4.90 Å². The van der Waals surface area contributed by atoms with E-state index in [-0.39, 0.29) is 16.5 Å². The molecule has 0 radical (unpaired) electrons. The lowest BCUT2D eigenvalue weighted by Gasteiger charge is -2.09. The Bertz CT molecular complexity index is 855. The molecule has 7 nitrogen and oxygen atoms in total. The Hall–Kier alpha value is -1.87. The second-order valence-electron chi connectivity index (χ2n) is 4.11. The van der Waals surface area contributed by atoms with Crippen LogP contribution in [-0.4, -0.2) is 13.3 Å². The number of ether oxygens (including phenoxy) is 1. The molecular weight excluding hydrogens is 355 g/mol. The Labute approximate surface area is 135 Å². The van der Waals surface area contributed by atoms with E-state index in [0.29, 0.717) is 5.02 Å². The van der Waals surface area contributed by atoms with E-state index in [9.17, 15) is 18.5 Å². The van der Waals surface area contributed by atoms with Crippen LogP contribution in [0.4, 0.5) is 5.69 Å². The second kappa shape index (κ2) is 6.09. The molecule has 0 aromatic heterocycles. The Morgan fingerprint density at radius 3 is 2.36 bits per heavy atom. The fraction of sp³-hybridized carbons (Fsp3) is 0. The molecule has 0 heterocycles. The predicted octanol–water partition coefficient (Wildman–Crippen LogP) is 3.34. The zero-order valence-corrected chi connectivity index (χ0v) is 13.0. The first kappa shape index (κ1) is 16.5. The van der Waals surface area contributed by atoms with Crippen molar-refractivity contribution in [2.24, 2.45) is 5.14 Å². The SMILES string of the molecule is NS(=O)(=O)c1ccc(Oc2cc(Cl)ccc2Cl)c([N+](=O)[O-])c1. The largest absolute Gasteiger partial charge is 0.449 e. The number of nitrogens with two attached hydrogens (primary N) is 1. The van der Waals surface area contributed by atoms with Gasteiger partial charge in [0.2, 0.25) is 15.8 Å². The molecule has 0 spiro atoms. The van der Waals surface area contributed by atoms with E-state index < -0.39 is 25.5 Å². The first-order valence-electron chi connectivity index (χ1n) is 5.62. The van der Waals surface area contributed by atoms with E-state index in [0.717, 1.165) is 18.2 Å². The Balaban J connectivity index is 2.51. The van der Waals surface area contributed by atoms with E-state index in [1.165, 1.54) is 18.2 Å². The lowest BCUT2D eigenvalue weighted by Crippen LogP contribution is -2.12. The first-order chi connectivity index (χ1) is 10.2. The van der Waals surface area contributed by atoms with E-state index in [2.05, 4.69) is 0 Å². The predicted molar refractivity (Wildman–Crippen MR) is 81.0 cm³/mol. The summed E-state index contributed by atoms with van der Waals surface area (Å²) in [6.07, 6.45) is 0. The maximum absolute atomic E-state index is 11.3. The molecule has 0 saturated heterocycles. The summed E-state index contributed by atoms with van der Waals surface area (Å²) < 4.78 is 27.9. The molecular formula is C12H8Cl2N2O5S. The molecule has 0 aliphatic carbocycles. The number of halogens is 2. The van der Waals surface area contributed by atoms with Crippen LogP contribution in [0.5, 0.6) is 11.5 Å². The summed E-state index contributed by atoms with van der Waals surface area (Å²) in [4.78, 5) is 9.89. The van der Waals surface area contributed by atoms with Crippen LogP contribution in [0, 0.1) is 10.1 Å². The fourth-order valence-electron chi connectivity index (χ4n) is 1.58. The lowest BCUT2D eigenvalue weighted by atomic mass is 10.3. The zero-order chi connectivity index (χ0) is 16.5. The van der Waals surface area contributed by atoms with Gasteiger partial charge in [-0.05, 0) is 24.3 Å². The third kappa shape index (κ3) is 3.66. The zero-order valence-electron chi connectivity index (χ0n) is 10.7. The number of hydrogen-bond donors (Lipinski definition) is 1. The molecule has 2 aromatic rings. The molecule has 0 bridgehead atoms. The van der Waals surface area contributed by atoms with Gasteiger partial charge in [0.15, 0.2) is 0 Å². The molecule has 10 heteroatoms. The van der Waals surface area contributed by atoms with Gasteiger partial charge in [0.05, 0.1) is 14.8 Å². The minimum Gasteiger partial charge on any atom is -0.449 e. The third-order valence-electron chi connectivity index (χ3n) is 2.57. The van der Waals surface area contributed by atoms with Crippen molar-refractivity contribution in [1.29, 1.82) is 0 Å². The summed E-state index contributed by atoms with van der Waals surface area (Å²) in [6.45, 7) is 0. The van der Waals surface area contributed by atoms with Gasteiger partial charge in [0.1, 0.15) is 5.75 Å².